The van der Waals surface area contributed by atoms with Gasteiger partial charge >= 0.3 is 0 Å². The summed E-state index contributed by atoms with van der Waals surface area (Å²) in [5.41, 5.74) is 1.50. The molecule has 1 aliphatic rings. The van der Waals surface area contributed by atoms with Crippen molar-refractivity contribution in [2.24, 2.45) is 5.92 Å². The summed E-state index contributed by atoms with van der Waals surface area (Å²) >= 11 is 0. The molecule has 1 aromatic heterocycles. The van der Waals surface area contributed by atoms with Crippen LogP contribution >= 0.6 is 0 Å². The van der Waals surface area contributed by atoms with E-state index in [9.17, 15) is 18.5 Å². The number of aromatic nitrogens is 1. The molecule has 0 saturated carbocycles. The lowest BCUT2D eigenvalue weighted by molar-refractivity contribution is -0.384. The monoisotopic (exact) mass is 466 g/mol. The molecule has 8 nitrogen and oxygen atoms in total. The number of sulfonamides is 1. The zero-order valence-electron chi connectivity index (χ0n) is 18.3. The van der Waals surface area contributed by atoms with Crippen molar-refractivity contribution in [3.8, 4) is 0 Å². The van der Waals surface area contributed by atoms with Crippen molar-refractivity contribution < 1.29 is 13.3 Å². The molecule has 0 amide bonds. The minimum absolute atomic E-state index is 0.0667. The largest absolute Gasteiger partial charge is 0.367 e. The topological polar surface area (TPSA) is 105 Å². The van der Waals surface area contributed by atoms with Crippen LogP contribution in [0.15, 0.2) is 77.8 Å². The predicted octanol–water partition coefficient (Wildman–Crippen LogP) is 4.61. The van der Waals surface area contributed by atoms with Gasteiger partial charge < -0.3 is 5.32 Å². The Hall–Kier alpha value is -3.30. The summed E-state index contributed by atoms with van der Waals surface area (Å²) in [6, 6.07) is 18.6. The maximum Gasteiger partial charge on any atom is 0.293 e. The van der Waals surface area contributed by atoms with E-state index in [1.54, 1.807) is 12.3 Å². The number of hydrogen-bond donors (Lipinski definition) is 1. The van der Waals surface area contributed by atoms with Crippen LogP contribution in [0.1, 0.15) is 37.1 Å². The molecule has 0 aliphatic carbocycles. The van der Waals surface area contributed by atoms with Crippen LogP contribution in [-0.2, 0) is 10.0 Å². The van der Waals surface area contributed by atoms with Gasteiger partial charge in [0, 0.05) is 25.4 Å². The molecule has 1 aliphatic heterocycles. The van der Waals surface area contributed by atoms with Crippen LogP contribution < -0.4 is 5.32 Å². The number of nitrogens with zero attached hydrogens (tertiary/aromatic N) is 3. The van der Waals surface area contributed by atoms with E-state index in [0.717, 1.165) is 24.5 Å². The van der Waals surface area contributed by atoms with Crippen molar-refractivity contribution in [2.45, 2.75) is 30.7 Å². The van der Waals surface area contributed by atoms with E-state index >= 15 is 0 Å². The first-order chi connectivity index (χ1) is 15.9. The van der Waals surface area contributed by atoms with Crippen LogP contribution in [0.2, 0.25) is 0 Å². The Kier molecular flexibility index (Phi) is 6.71. The van der Waals surface area contributed by atoms with Crippen molar-refractivity contribution >= 4 is 21.4 Å². The number of hydrogen-bond acceptors (Lipinski definition) is 6. The fraction of sp³-hybridized carbons (Fsp3) is 0.292. The van der Waals surface area contributed by atoms with Crippen molar-refractivity contribution in [1.29, 1.82) is 0 Å². The molecule has 33 heavy (non-hydrogen) atoms. The lowest BCUT2D eigenvalue weighted by atomic mass is 10.0. The summed E-state index contributed by atoms with van der Waals surface area (Å²) in [6.07, 6.45) is 3.42. The molecule has 2 unspecified atom stereocenters. The summed E-state index contributed by atoms with van der Waals surface area (Å²) in [6.45, 7) is 2.86. The van der Waals surface area contributed by atoms with Gasteiger partial charge in [0.2, 0.25) is 10.0 Å². The van der Waals surface area contributed by atoms with Gasteiger partial charge in [-0.2, -0.15) is 4.31 Å². The summed E-state index contributed by atoms with van der Waals surface area (Å²) in [7, 11) is -3.81. The molecule has 9 heteroatoms. The van der Waals surface area contributed by atoms with Crippen molar-refractivity contribution in [1.82, 2.24) is 9.29 Å². The summed E-state index contributed by atoms with van der Waals surface area (Å²) in [4.78, 5) is 15.7. The van der Waals surface area contributed by atoms with Crippen molar-refractivity contribution in [3.63, 3.8) is 0 Å². The molecule has 0 radical (unpaired) electrons. The number of nitro groups is 1. The van der Waals surface area contributed by atoms with Crippen LogP contribution in [0.4, 0.5) is 11.4 Å². The minimum Gasteiger partial charge on any atom is -0.367 e. The molecule has 1 fully saturated rings. The third-order valence-corrected chi connectivity index (χ3v) is 7.70. The molecule has 3 aromatic rings. The van der Waals surface area contributed by atoms with Gasteiger partial charge in [-0.15, -0.1) is 0 Å². The highest BCUT2D eigenvalue weighted by molar-refractivity contribution is 7.89. The third kappa shape index (κ3) is 5.04. The van der Waals surface area contributed by atoms with Gasteiger partial charge in [-0.05, 0) is 48.6 Å². The summed E-state index contributed by atoms with van der Waals surface area (Å²) in [5.74, 6) is 0.259. The van der Waals surface area contributed by atoms with Crippen LogP contribution in [0.3, 0.4) is 0 Å². The number of nitro benzene ring substituents is 1. The fourth-order valence-electron chi connectivity index (χ4n) is 4.13. The highest BCUT2D eigenvalue weighted by Crippen LogP contribution is 2.34. The van der Waals surface area contributed by atoms with Gasteiger partial charge in [0.25, 0.3) is 5.69 Å². The average Bonchev–Trinajstić information content (AvgIpc) is 2.83. The summed E-state index contributed by atoms with van der Waals surface area (Å²) < 4.78 is 27.7. The van der Waals surface area contributed by atoms with E-state index in [2.05, 4.69) is 10.3 Å². The molecule has 4 rings (SSSR count). The molecular weight excluding hydrogens is 440 g/mol. The first-order valence-electron chi connectivity index (χ1n) is 10.9. The second kappa shape index (κ2) is 9.68. The summed E-state index contributed by atoms with van der Waals surface area (Å²) in [5, 5.41) is 15.1. The lowest BCUT2D eigenvalue weighted by Crippen LogP contribution is -2.39. The Balaban J connectivity index is 1.71. The van der Waals surface area contributed by atoms with E-state index in [1.807, 2.05) is 49.4 Å². The fourth-order valence-corrected chi connectivity index (χ4v) is 5.75. The van der Waals surface area contributed by atoms with E-state index in [4.69, 9.17) is 0 Å². The highest BCUT2D eigenvalue weighted by atomic mass is 32.2. The SMILES string of the molecule is CC1CCCN(S(=O)(=O)c2ccc(NC(c3ccccc3)c3ccccn3)c([N+](=O)[O-])c2)C1. The lowest BCUT2D eigenvalue weighted by Gasteiger charge is -2.30. The Morgan fingerprint density at radius 2 is 1.88 bits per heavy atom. The standard InChI is InChI=1S/C24H26N4O4S/c1-18-8-7-15-27(17-18)33(31,32)20-12-13-21(23(16-20)28(29)30)26-24(19-9-3-2-4-10-19)22-11-5-6-14-25-22/h2-6,9-14,16,18,24,26H,7-8,15,17H2,1H3. The van der Waals surface area contributed by atoms with Crippen LogP contribution in [0, 0.1) is 16.0 Å². The third-order valence-electron chi connectivity index (χ3n) is 5.84. The first kappa shape index (κ1) is 22.9. The zero-order chi connectivity index (χ0) is 23.4. The second-order valence-electron chi connectivity index (χ2n) is 8.29. The molecule has 1 N–H and O–H groups in total. The second-order valence-corrected chi connectivity index (χ2v) is 10.2. The number of rotatable bonds is 7. The van der Waals surface area contributed by atoms with Crippen molar-refractivity contribution in [2.75, 3.05) is 18.4 Å². The maximum absolute atomic E-state index is 13.2. The Bertz CT molecular complexity index is 1180. The minimum atomic E-state index is -3.81. The molecule has 2 atom stereocenters. The quantitative estimate of drug-likeness (QED) is 0.403. The maximum atomic E-state index is 13.2. The number of benzene rings is 2. The number of piperidine rings is 1. The van der Waals surface area contributed by atoms with Crippen molar-refractivity contribution in [3.05, 3.63) is 94.3 Å². The Morgan fingerprint density at radius 3 is 2.55 bits per heavy atom. The van der Waals surface area contributed by atoms with Gasteiger partial charge in [0.1, 0.15) is 5.69 Å². The van der Waals surface area contributed by atoms with Gasteiger partial charge in [0.05, 0.1) is 21.6 Å². The molecule has 2 heterocycles. The van der Waals surface area contributed by atoms with Gasteiger partial charge in [0.15, 0.2) is 0 Å². The molecule has 2 aromatic carbocycles. The van der Waals surface area contributed by atoms with Crippen LogP contribution in [-0.4, -0.2) is 35.7 Å². The van der Waals surface area contributed by atoms with E-state index in [-0.39, 0.29) is 22.2 Å². The zero-order valence-corrected chi connectivity index (χ0v) is 19.1. The number of nitrogens with one attached hydrogen (secondary N) is 1. The predicted molar refractivity (Wildman–Crippen MR) is 126 cm³/mol. The highest BCUT2D eigenvalue weighted by Gasteiger charge is 2.31. The first-order valence-corrected chi connectivity index (χ1v) is 12.3. The number of anilines is 1. The molecular formula is C24H26N4O4S. The Morgan fingerprint density at radius 1 is 1.12 bits per heavy atom. The molecule has 1 saturated heterocycles. The van der Waals surface area contributed by atoms with Gasteiger partial charge in [-0.25, -0.2) is 8.42 Å². The average molecular weight is 467 g/mol. The Labute approximate surface area is 193 Å². The van der Waals surface area contributed by atoms with E-state index < -0.39 is 21.0 Å². The van der Waals surface area contributed by atoms with E-state index in [0.29, 0.717) is 18.8 Å². The smallest absolute Gasteiger partial charge is 0.293 e. The van der Waals surface area contributed by atoms with Gasteiger partial charge in [-0.1, -0.05) is 43.3 Å². The van der Waals surface area contributed by atoms with E-state index in [1.165, 1.54) is 16.4 Å². The molecule has 172 valence electrons. The molecule has 0 spiro atoms. The molecule has 0 bridgehead atoms. The normalized spacial score (nSPS) is 17.9. The van der Waals surface area contributed by atoms with Gasteiger partial charge in [-0.3, -0.25) is 15.1 Å². The number of pyridine rings is 1. The van der Waals surface area contributed by atoms with Crippen LogP contribution in [0.5, 0.6) is 0 Å². The van der Waals surface area contributed by atoms with Crippen LogP contribution in [0.25, 0.3) is 0 Å².